The lowest BCUT2D eigenvalue weighted by atomic mass is 10.3. The predicted octanol–water partition coefficient (Wildman–Crippen LogP) is 3.34. The van der Waals surface area contributed by atoms with Crippen LogP contribution in [0.3, 0.4) is 0 Å². The van der Waals surface area contributed by atoms with E-state index in [0.717, 1.165) is 28.4 Å². The highest BCUT2D eigenvalue weighted by Gasteiger charge is 2.08. The zero-order valence-corrected chi connectivity index (χ0v) is 10.9. The summed E-state index contributed by atoms with van der Waals surface area (Å²) in [4.78, 5) is 9.89. The number of aromatic nitrogens is 2. The number of nitrogens with one attached hydrogen (secondary N) is 1. The molecule has 0 spiro atoms. The molecule has 0 amide bonds. The molecule has 0 fully saturated rings. The van der Waals surface area contributed by atoms with E-state index in [-0.39, 0.29) is 0 Å². The van der Waals surface area contributed by atoms with Crippen molar-refractivity contribution in [2.45, 2.75) is 0 Å². The number of H-pyrrole nitrogens is 1. The number of imidazole rings is 1. The lowest BCUT2D eigenvalue weighted by Crippen LogP contribution is -2.10. The largest absolute Gasteiger partial charge is 0.497 e. The van der Waals surface area contributed by atoms with Gasteiger partial charge in [0.2, 0.25) is 5.95 Å². The molecule has 0 bridgehead atoms. The molecule has 0 saturated heterocycles. The van der Waals surface area contributed by atoms with Crippen LogP contribution >= 0.6 is 0 Å². The number of hydrogen-bond acceptors (Lipinski definition) is 3. The summed E-state index contributed by atoms with van der Waals surface area (Å²) in [7, 11) is 3.65. The molecule has 4 heteroatoms. The van der Waals surface area contributed by atoms with E-state index >= 15 is 0 Å². The van der Waals surface area contributed by atoms with Gasteiger partial charge in [-0.15, -0.1) is 0 Å². The number of hydrogen-bond donors (Lipinski definition) is 1. The highest BCUT2D eigenvalue weighted by molar-refractivity contribution is 5.78. The lowest BCUT2D eigenvalue weighted by molar-refractivity contribution is 0.415. The van der Waals surface area contributed by atoms with Crippen LogP contribution in [0.2, 0.25) is 0 Å². The average Bonchev–Trinajstić information content (AvgIpc) is 2.90. The Kier molecular flexibility index (Phi) is 2.83. The van der Waals surface area contributed by atoms with Gasteiger partial charge in [-0.25, -0.2) is 4.98 Å². The van der Waals surface area contributed by atoms with Crippen LogP contribution < -0.4 is 9.64 Å². The summed E-state index contributed by atoms with van der Waals surface area (Å²) < 4.78 is 5.16. The molecule has 2 aromatic carbocycles. The molecule has 3 rings (SSSR count). The van der Waals surface area contributed by atoms with Gasteiger partial charge in [0.25, 0.3) is 0 Å². The third-order valence-corrected chi connectivity index (χ3v) is 3.15. The van der Waals surface area contributed by atoms with Crippen LogP contribution in [0.1, 0.15) is 0 Å². The number of ether oxygens (including phenoxy) is 1. The summed E-state index contributed by atoms with van der Waals surface area (Å²) in [5.74, 6) is 1.67. The summed E-state index contributed by atoms with van der Waals surface area (Å²) in [5.41, 5.74) is 3.07. The van der Waals surface area contributed by atoms with E-state index in [0.29, 0.717) is 0 Å². The van der Waals surface area contributed by atoms with Crippen molar-refractivity contribution in [1.82, 2.24) is 9.97 Å². The summed E-state index contributed by atoms with van der Waals surface area (Å²) >= 11 is 0. The Balaban J connectivity index is 1.95. The maximum atomic E-state index is 5.16. The van der Waals surface area contributed by atoms with Gasteiger partial charge < -0.3 is 14.6 Å². The van der Waals surface area contributed by atoms with Crippen molar-refractivity contribution in [3.8, 4) is 5.75 Å². The molecule has 0 saturated carbocycles. The van der Waals surface area contributed by atoms with Gasteiger partial charge in [0, 0.05) is 12.7 Å². The van der Waals surface area contributed by atoms with E-state index in [1.54, 1.807) is 7.11 Å². The van der Waals surface area contributed by atoms with Crippen molar-refractivity contribution in [2.24, 2.45) is 0 Å². The van der Waals surface area contributed by atoms with E-state index < -0.39 is 0 Å². The Bertz CT molecular complexity index is 655. The first-order chi connectivity index (χ1) is 9.28. The zero-order valence-electron chi connectivity index (χ0n) is 10.9. The number of benzene rings is 2. The monoisotopic (exact) mass is 253 g/mol. The van der Waals surface area contributed by atoms with Gasteiger partial charge in [-0.2, -0.15) is 0 Å². The summed E-state index contributed by atoms with van der Waals surface area (Å²) in [5, 5.41) is 0. The number of para-hydroxylation sites is 2. The minimum atomic E-state index is 0.825. The van der Waals surface area contributed by atoms with E-state index in [1.807, 2.05) is 60.5 Å². The topological polar surface area (TPSA) is 41.1 Å². The van der Waals surface area contributed by atoms with E-state index in [1.165, 1.54) is 0 Å². The van der Waals surface area contributed by atoms with Gasteiger partial charge in [0.15, 0.2) is 0 Å². The van der Waals surface area contributed by atoms with Crippen LogP contribution in [0.25, 0.3) is 11.0 Å². The molecule has 96 valence electrons. The van der Waals surface area contributed by atoms with Crippen LogP contribution in [-0.2, 0) is 0 Å². The van der Waals surface area contributed by atoms with Crippen molar-refractivity contribution in [1.29, 1.82) is 0 Å². The summed E-state index contributed by atoms with van der Waals surface area (Å²) in [6.45, 7) is 0. The summed E-state index contributed by atoms with van der Waals surface area (Å²) in [6, 6.07) is 15.9. The quantitative estimate of drug-likeness (QED) is 0.778. The molecule has 0 atom stereocenters. The van der Waals surface area contributed by atoms with Crippen molar-refractivity contribution in [2.75, 3.05) is 19.1 Å². The first-order valence-corrected chi connectivity index (χ1v) is 6.10. The Morgan fingerprint density at radius 2 is 1.79 bits per heavy atom. The molecule has 1 aromatic heterocycles. The van der Waals surface area contributed by atoms with Gasteiger partial charge in [-0.3, -0.25) is 0 Å². The van der Waals surface area contributed by atoms with Crippen molar-refractivity contribution < 1.29 is 4.74 Å². The van der Waals surface area contributed by atoms with Crippen LogP contribution in [0.4, 0.5) is 11.6 Å². The first-order valence-electron chi connectivity index (χ1n) is 6.10. The number of rotatable bonds is 3. The molecular weight excluding hydrogens is 238 g/mol. The maximum absolute atomic E-state index is 5.16. The second kappa shape index (κ2) is 4.65. The van der Waals surface area contributed by atoms with Gasteiger partial charge in [-0.05, 0) is 36.4 Å². The number of fused-ring (bicyclic) bond motifs is 1. The van der Waals surface area contributed by atoms with E-state index in [2.05, 4.69) is 9.97 Å². The van der Waals surface area contributed by atoms with Crippen molar-refractivity contribution >= 4 is 22.7 Å². The predicted molar refractivity (Wildman–Crippen MR) is 77.2 cm³/mol. The fourth-order valence-corrected chi connectivity index (χ4v) is 2.03. The molecule has 4 nitrogen and oxygen atoms in total. The average molecular weight is 253 g/mol. The number of methoxy groups -OCH3 is 1. The number of nitrogens with zero attached hydrogens (tertiary/aromatic N) is 2. The molecule has 0 aliphatic heterocycles. The third-order valence-electron chi connectivity index (χ3n) is 3.15. The van der Waals surface area contributed by atoms with Gasteiger partial charge >= 0.3 is 0 Å². The normalized spacial score (nSPS) is 10.6. The van der Waals surface area contributed by atoms with Gasteiger partial charge in [0.1, 0.15) is 5.75 Å². The van der Waals surface area contributed by atoms with Crippen molar-refractivity contribution in [3.63, 3.8) is 0 Å². The molecular formula is C15H15N3O. The van der Waals surface area contributed by atoms with Crippen molar-refractivity contribution in [3.05, 3.63) is 48.5 Å². The minimum absolute atomic E-state index is 0.825. The van der Waals surface area contributed by atoms with Crippen LogP contribution in [0.15, 0.2) is 48.5 Å². The van der Waals surface area contributed by atoms with Crippen LogP contribution in [0, 0.1) is 0 Å². The second-order valence-corrected chi connectivity index (χ2v) is 4.33. The van der Waals surface area contributed by atoms with Crippen LogP contribution in [0.5, 0.6) is 5.75 Å². The molecule has 3 aromatic rings. The third kappa shape index (κ3) is 2.12. The fraction of sp³-hybridized carbons (Fsp3) is 0.133. The molecule has 0 radical (unpaired) electrons. The molecule has 0 aliphatic rings. The number of aromatic amines is 1. The minimum Gasteiger partial charge on any atom is -0.497 e. The van der Waals surface area contributed by atoms with Crippen LogP contribution in [-0.4, -0.2) is 24.1 Å². The second-order valence-electron chi connectivity index (χ2n) is 4.33. The smallest absolute Gasteiger partial charge is 0.208 e. The molecule has 0 aliphatic carbocycles. The van der Waals surface area contributed by atoms with Gasteiger partial charge in [0.05, 0.1) is 18.1 Å². The first kappa shape index (κ1) is 11.6. The summed E-state index contributed by atoms with van der Waals surface area (Å²) in [6.07, 6.45) is 0. The Morgan fingerprint density at radius 3 is 2.47 bits per heavy atom. The molecule has 0 unspecified atom stereocenters. The zero-order chi connectivity index (χ0) is 13.2. The lowest BCUT2D eigenvalue weighted by Gasteiger charge is -2.16. The maximum Gasteiger partial charge on any atom is 0.208 e. The Morgan fingerprint density at radius 1 is 1.05 bits per heavy atom. The fourth-order valence-electron chi connectivity index (χ4n) is 2.03. The SMILES string of the molecule is COc1ccc(N(C)c2nc3ccccc3[nH]2)cc1. The van der Waals surface area contributed by atoms with E-state index in [9.17, 15) is 0 Å². The standard InChI is InChI=1S/C15H15N3O/c1-18(11-7-9-12(19-2)10-8-11)15-16-13-5-3-4-6-14(13)17-15/h3-10H,1-2H3,(H,16,17). The highest BCUT2D eigenvalue weighted by Crippen LogP contribution is 2.25. The van der Waals surface area contributed by atoms with E-state index in [4.69, 9.17) is 4.74 Å². The molecule has 1 N–H and O–H groups in total. The molecule has 19 heavy (non-hydrogen) atoms. The number of anilines is 2. The highest BCUT2D eigenvalue weighted by atomic mass is 16.5. The van der Waals surface area contributed by atoms with Gasteiger partial charge in [-0.1, -0.05) is 12.1 Å². The molecule has 1 heterocycles. The Hall–Kier alpha value is -2.49. The Labute approximate surface area is 111 Å².